The molecular weight excluding hydrogens is 168 g/mol. The lowest BCUT2D eigenvalue weighted by Gasteiger charge is -2.02. The van der Waals surface area contributed by atoms with Crippen LogP contribution in [0, 0.1) is 6.92 Å². The van der Waals surface area contributed by atoms with E-state index in [2.05, 4.69) is 25.8 Å². The van der Waals surface area contributed by atoms with Gasteiger partial charge in [-0.25, -0.2) is 4.98 Å². The molecule has 0 radical (unpaired) electrons. The van der Waals surface area contributed by atoms with Crippen molar-refractivity contribution in [1.82, 2.24) is 4.98 Å². The number of hydrogen-bond acceptors (Lipinski definition) is 3. The van der Waals surface area contributed by atoms with Gasteiger partial charge in [0, 0.05) is 4.88 Å². The van der Waals surface area contributed by atoms with E-state index in [0.717, 1.165) is 18.0 Å². The van der Waals surface area contributed by atoms with Crippen molar-refractivity contribution < 1.29 is 0 Å². The van der Waals surface area contributed by atoms with Gasteiger partial charge in [-0.2, -0.15) is 0 Å². The molecule has 0 unspecified atom stereocenters. The number of nitrogens with two attached hydrogens (primary N) is 1. The van der Waals surface area contributed by atoms with E-state index in [9.17, 15) is 0 Å². The molecule has 1 aromatic heterocycles. The van der Waals surface area contributed by atoms with Crippen molar-refractivity contribution in [2.45, 2.75) is 33.1 Å². The summed E-state index contributed by atoms with van der Waals surface area (Å²) in [4.78, 5) is 5.86. The van der Waals surface area contributed by atoms with Crippen LogP contribution in [0.5, 0.6) is 0 Å². The summed E-state index contributed by atoms with van der Waals surface area (Å²) in [7, 11) is 0. The van der Waals surface area contributed by atoms with E-state index in [1.165, 1.54) is 10.6 Å². The van der Waals surface area contributed by atoms with Gasteiger partial charge in [0.2, 0.25) is 0 Å². The molecule has 1 rings (SSSR count). The van der Waals surface area contributed by atoms with Crippen LogP contribution in [-0.2, 0) is 6.42 Å². The lowest BCUT2D eigenvalue weighted by Crippen LogP contribution is -2.04. The number of nitrogens with zero attached hydrogens (tertiary/aromatic N) is 1. The van der Waals surface area contributed by atoms with Crippen molar-refractivity contribution in [2.75, 3.05) is 6.54 Å². The molecule has 0 spiro atoms. The van der Waals surface area contributed by atoms with Crippen LogP contribution in [0.4, 0.5) is 0 Å². The van der Waals surface area contributed by atoms with Crippen molar-refractivity contribution >= 4 is 11.3 Å². The molecule has 3 heteroatoms. The van der Waals surface area contributed by atoms with Crippen molar-refractivity contribution in [1.29, 1.82) is 0 Å². The lowest BCUT2D eigenvalue weighted by atomic mass is 10.1. The minimum absolute atomic E-state index is 0.525. The highest BCUT2D eigenvalue weighted by Gasteiger charge is 2.10. The molecule has 0 aliphatic rings. The summed E-state index contributed by atoms with van der Waals surface area (Å²) < 4.78 is 0. The fourth-order valence-corrected chi connectivity index (χ4v) is 2.35. The molecule has 0 fully saturated rings. The topological polar surface area (TPSA) is 38.9 Å². The quantitative estimate of drug-likeness (QED) is 0.781. The highest BCUT2D eigenvalue weighted by molar-refractivity contribution is 7.11. The molecule has 0 amide bonds. The molecule has 2 N–H and O–H groups in total. The molecule has 0 atom stereocenters. The smallest absolute Gasteiger partial charge is 0.0900 e. The maximum absolute atomic E-state index is 5.52. The summed E-state index contributed by atoms with van der Waals surface area (Å²) >= 11 is 1.78. The summed E-state index contributed by atoms with van der Waals surface area (Å²) in [5, 5.41) is 1.15. The Kier molecular flexibility index (Phi) is 3.23. The third-order valence-electron chi connectivity index (χ3n) is 1.75. The normalized spacial score (nSPS) is 11.1. The van der Waals surface area contributed by atoms with Gasteiger partial charge in [0.25, 0.3) is 0 Å². The highest BCUT2D eigenvalue weighted by Crippen LogP contribution is 2.24. The summed E-state index contributed by atoms with van der Waals surface area (Å²) in [6, 6.07) is 0. The van der Waals surface area contributed by atoms with Crippen LogP contribution >= 0.6 is 11.3 Å². The number of aryl methyl sites for hydroxylation is 1. The molecule has 0 bridgehead atoms. The molecule has 12 heavy (non-hydrogen) atoms. The zero-order valence-corrected chi connectivity index (χ0v) is 8.74. The van der Waals surface area contributed by atoms with Gasteiger partial charge in [-0.3, -0.25) is 0 Å². The average Bonchev–Trinajstić information content (AvgIpc) is 2.32. The second-order valence-electron chi connectivity index (χ2n) is 3.23. The number of thiazole rings is 1. The van der Waals surface area contributed by atoms with E-state index in [1.807, 2.05) is 0 Å². The summed E-state index contributed by atoms with van der Waals surface area (Å²) in [5.74, 6) is 0.525. The second-order valence-corrected chi connectivity index (χ2v) is 4.52. The van der Waals surface area contributed by atoms with Gasteiger partial charge in [-0.05, 0) is 25.8 Å². The molecule has 2 nitrogen and oxygen atoms in total. The van der Waals surface area contributed by atoms with Crippen LogP contribution in [0.1, 0.15) is 35.3 Å². The van der Waals surface area contributed by atoms with E-state index in [0.29, 0.717) is 5.92 Å². The predicted octanol–water partition coefficient (Wildman–Crippen LogP) is 2.08. The zero-order chi connectivity index (χ0) is 9.14. The van der Waals surface area contributed by atoms with E-state index >= 15 is 0 Å². The van der Waals surface area contributed by atoms with Crippen molar-refractivity contribution in [3.05, 3.63) is 15.6 Å². The summed E-state index contributed by atoms with van der Waals surface area (Å²) in [5.41, 5.74) is 6.76. The Morgan fingerprint density at radius 3 is 2.67 bits per heavy atom. The fourth-order valence-electron chi connectivity index (χ4n) is 1.25. The van der Waals surface area contributed by atoms with Gasteiger partial charge in [0.15, 0.2) is 0 Å². The number of rotatable bonds is 3. The molecule has 68 valence electrons. The van der Waals surface area contributed by atoms with Gasteiger partial charge >= 0.3 is 0 Å². The molecule has 0 saturated carbocycles. The van der Waals surface area contributed by atoms with Crippen LogP contribution in [-0.4, -0.2) is 11.5 Å². The first-order chi connectivity index (χ1) is 5.65. The molecule has 0 saturated heterocycles. The third-order valence-corrected chi connectivity index (χ3v) is 2.80. The van der Waals surface area contributed by atoms with Crippen LogP contribution in [0.3, 0.4) is 0 Å². The Bertz CT molecular complexity index is 253. The first-order valence-electron chi connectivity index (χ1n) is 4.31. The molecule has 0 aliphatic heterocycles. The third kappa shape index (κ3) is 2.05. The molecule has 1 heterocycles. The molecule has 1 aromatic rings. The number of hydrogen-bond donors (Lipinski definition) is 1. The fraction of sp³-hybridized carbons (Fsp3) is 0.667. The zero-order valence-electron chi connectivity index (χ0n) is 7.92. The van der Waals surface area contributed by atoms with Crippen molar-refractivity contribution in [3.8, 4) is 0 Å². The van der Waals surface area contributed by atoms with Crippen LogP contribution in [0.2, 0.25) is 0 Å². The number of aromatic nitrogens is 1. The monoisotopic (exact) mass is 184 g/mol. The first-order valence-corrected chi connectivity index (χ1v) is 5.13. The molecule has 0 aromatic carbocycles. The van der Waals surface area contributed by atoms with E-state index < -0.39 is 0 Å². The van der Waals surface area contributed by atoms with Gasteiger partial charge in [0.05, 0.1) is 10.7 Å². The van der Waals surface area contributed by atoms with Gasteiger partial charge < -0.3 is 5.73 Å². The van der Waals surface area contributed by atoms with Crippen molar-refractivity contribution in [3.63, 3.8) is 0 Å². The summed E-state index contributed by atoms with van der Waals surface area (Å²) in [6.07, 6.45) is 0.971. The van der Waals surface area contributed by atoms with Gasteiger partial charge in [-0.15, -0.1) is 11.3 Å². The first kappa shape index (κ1) is 9.68. The van der Waals surface area contributed by atoms with Crippen molar-refractivity contribution in [2.24, 2.45) is 5.73 Å². The Hall–Kier alpha value is -0.410. The van der Waals surface area contributed by atoms with E-state index in [-0.39, 0.29) is 0 Å². The molecular formula is C9H16N2S. The Morgan fingerprint density at radius 1 is 1.50 bits per heavy atom. The highest BCUT2D eigenvalue weighted by atomic mass is 32.1. The maximum Gasteiger partial charge on any atom is 0.0900 e. The largest absolute Gasteiger partial charge is 0.330 e. The summed E-state index contributed by atoms with van der Waals surface area (Å²) in [6.45, 7) is 7.13. The average molecular weight is 184 g/mol. The van der Waals surface area contributed by atoms with Gasteiger partial charge in [-0.1, -0.05) is 13.8 Å². The van der Waals surface area contributed by atoms with Crippen LogP contribution in [0.15, 0.2) is 0 Å². The second kappa shape index (κ2) is 4.01. The van der Waals surface area contributed by atoms with Crippen LogP contribution < -0.4 is 5.73 Å². The lowest BCUT2D eigenvalue weighted by molar-refractivity contribution is 0.805. The minimum Gasteiger partial charge on any atom is -0.330 e. The minimum atomic E-state index is 0.525. The Labute approximate surface area is 77.8 Å². The SMILES string of the molecule is Cc1nc(C(C)C)c(CCN)s1. The molecule has 0 aliphatic carbocycles. The van der Waals surface area contributed by atoms with Crippen LogP contribution in [0.25, 0.3) is 0 Å². The Balaban J connectivity index is 2.92. The van der Waals surface area contributed by atoms with E-state index in [1.54, 1.807) is 11.3 Å². The maximum atomic E-state index is 5.52. The van der Waals surface area contributed by atoms with E-state index in [4.69, 9.17) is 5.73 Å². The standard InChI is InChI=1S/C9H16N2S/c1-6(2)9-8(4-5-10)12-7(3)11-9/h6H,4-5,10H2,1-3H3. The van der Waals surface area contributed by atoms with Gasteiger partial charge in [0.1, 0.15) is 0 Å². The Morgan fingerprint density at radius 2 is 2.17 bits per heavy atom. The predicted molar refractivity (Wildman–Crippen MR) is 53.7 cm³/mol.